The minimum Gasteiger partial charge on any atom is -0.374 e. The van der Waals surface area contributed by atoms with E-state index >= 15 is 0 Å². The lowest BCUT2D eigenvalue weighted by Gasteiger charge is -2.47. The molecule has 0 saturated carbocycles. The second kappa shape index (κ2) is 14.7. The molecule has 0 radical (unpaired) electrons. The van der Waals surface area contributed by atoms with Crippen LogP contribution in [0.2, 0.25) is 0 Å². The van der Waals surface area contributed by atoms with Crippen molar-refractivity contribution < 1.29 is 28.8 Å². The first kappa shape index (κ1) is 29.4. The Morgan fingerprint density at radius 1 is 0.561 bits per heavy atom. The van der Waals surface area contributed by atoms with E-state index in [0.717, 1.165) is 22.3 Å². The van der Waals surface area contributed by atoms with Crippen molar-refractivity contribution in [3.63, 3.8) is 0 Å². The second-order valence-electron chi connectivity index (χ2n) is 10.0. The van der Waals surface area contributed by atoms with Gasteiger partial charge in [-0.25, -0.2) is 0 Å². The van der Waals surface area contributed by atoms with Crippen LogP contribution in [-0.4, -0.2) is 41.4 Å². The van der Waals surface area contributed by atoms with Crippen LogP contribution in [0.25, 0.3) is 0 Å². The number of benzene rings is 4. The van der Waals surface area contributed by atoms with Crippen LogP contribution in [-0.2, 0) is 50.1 Å². The van der Waals surface area contributed by atoms with E-state index < -0.39 is 29.7 Å². The van der Waals surface area contributed by atoms with Crippen molar-refractivity contribution in [2.75, 3.05) is 6.61 Å². The molecule has 6 nitrogen and oxygen atoms in total. The molecule has 0 spiro atoms. The number of hydrogen-bond donors (Lipinski definition) is 1. The monoisotopic (exact) mass is 574 g/mol. The van der Waals surface area contributed by atoms with Gasteiger partial charge in [0.1, 0.15) is 18.3 Å². The molecule has 0 aliphatic carbocycles. The summed E-state index contributed by atoms with van der Waals surface area (Å²) in [6, 6.07) is 39.2. The zero-order chi connectivity index (χ0) is 28.3. The van der Waals surface area contributed by atoms with Gasteiger partial charge in [-0.05, 0) is 22.3 Å². The van der Waals surface area contributed by atoms with Gasteiger partial charge in [-0.2, -0.15) is 0 Å². The number of halogens is 1. The Morgan fingerprint density at radius 3 is 1.41 bits per heavy atom. The van der Waals surface area contributed by atoms with E-state index in [4.69, 9.17) is 35.3 Å². The molecule has 1 fully saturated rings. The van der Waals surface area contributed by atoms with Gasteiger partial charge in [0, 0.05) is 0 Å². The Balaban J connectivity index is 1.39. The van der Waals surface area contributed by atoms with Gasteiger partial charge in [0.05, 0.1) is 33.0 Å². The molecule has 1 N–H and O–H groups in total. The van der Waals surface area contributed by atoms with Gasteiger partial charge in [0.15, 0.2) is 6.10 Å². The molecule has 1 aliphatic rings. The summed E-state index contributed by atoms with van der Waals surface area (Å²) >= 11 is 6.67. The van der Waals surface area contributed by atoms with Crippen molar-refractivity contribution in [3.05, 3.63) is 144 Å². The normalized spacial score (nSPS) is 24.2. The minimum atomic E-state index is -2.18. The van der Waals surface area contributed by atoms with Gasteiger partial charge in [-0.15, -0.1) is 0 Å². The molecular weight excluding hydrogens is 540 g/mol. The minimum absolute atomic E-state index is 0.125. The number of hydrogen-bond acceptors (Lipinski definition) is 6. The Labute approximate surface area is 246 Å². The van der Waals surface area contributed by atoms with Crippen molar-refractivity contribution in [1.29, 1.82) is 0 Å². The topological polar surface area (TPSA) is 66.4 Å². The summed E-state index contributed by atoms with van der Waals surface area (Å²) in [5.41, 5.74) is 3.91. The van der Waals surface area contributed by atoms with Crippen molar-refractivity contribution in [3.8, 4) is 0 Å². The quantitative estimate of drug-likeness (QED) is 0.191. The summed E-state index contributed by atoms with van der Waals surface area (Å²) < 4.78 is 31.3. The first-order chi connectivity index (χ1) is 20.1. The molecule has 0 aromatic heterocycles. The molecule has 5 rings (SSSR count). The molecular formula is C34H35ClO6. The van der Waals surface area contributed by atoms with Crippen molar-refractivity contribution >= 4 is 11.6 Å². The average Bonchev–Trinajstić information content (AvgIpc) is 3.01. The maximum absolute atomic E-state index is 11.4. The average molecular weight is 575 g/mol. The zero-order valence-corrected chi connectivity index (χ0v) is 23.5. The standard InChI is InChI=1S/C34H35ClO6/c35-34(36)33(40-24-29-19-11-4-12-20-29)32(39-23-28-17-9-3-10-18-28)31(38-22-27-15-7-2-8-16-27)30(41-34)25-37-21-26-13-5-1-6-14-26/h1-20,30-33,36H,21-25H2/t30-,31-,32+,33-,34-/m1/s1. The molecule has 0 bridgehead atoms. The zero-order valence-electron chi connectivity index (χ0n) is 22.8. The third-order valence-electron chi connectivity index (χ3n) is 6.89. The van der Waals surface area contributed by atoms with E-state index in [1.165, 1.54) is 0 Å². The third kappa shape index (κ3) is 8.47. The molecule has 1 saturated heterocycles. The van der Waals surface area contributed by atoms with Gasteiger partial charge in [-0.1, -0.05) is 133 Å². The van der Waals surface area contributed by atoms with Crippen LogP contribution in [0.15, 0.2) is 121 Å². The molecule has 1 aliphatic heterocycles. The van der Waals surface area contributed by atoms with Gasteiger partial charge >= 0.3 is 0 Å². The Kier molecular flexibility index (Phi) is 10.6. The molecule has 41 heavy (non-hydrogen) atoms. The van der Waals surface area contributed by atoms with Crippen LogP contribution in [0, 0.1) is 0 Å². The predicted molar refractivity (Wildman–Crippen MR) is 157 cm³/mol. The van der Waals surface area contributed by atoms with E-state index in [9.17, 15) is 5.11 Å². The van der Waals surface area contributed by atoms with Crippen LogP contribution in [0.5, 0.6) is 0 Å². The molecule has 0 amide bonds. The number of alkyl halides is 1. The maximum atomic E-state index is 11.4. The molecule has 1 heterocycles. The lowest BCUT2D eigenvalue weighted by atomic mass is 9.97. The lowest BCUT2D eigenvalue weighted by molar-refractivity contribution is -0.337. The van der Waals surface area contributed by atoms with E-state index in [0.29, 0.717) is 13.2 Å². The van der Waals surface area contributed by atoms with Gasteiger partial charge in [0.2, 0.25) is 0 Å². The van der Waals surface area contributed by atoms with Gasteiger partial charge in [0.25, 0.3) is 5.25 Å². The fourth-order valence-electron chi connectivity index (χ4n) is 4.80. The third-order valence-corrected chi connectivity index (χ3v) is 7.20. The van der Waals surface area contributed by atoms with Crippen LogP contribution in [0.3, 0.4) is 0 Å². The SMILES string of the molecule is O[C@@]1(Cl)O[C@H](COCc2ccccc2)[C@@H](OCc2ccccc2)[C@H](OCc2ccccc2)[C@H]1OCc1ccccc1. The summed E-state index contributed by atoms with van der Waals surface area (Å²) in [7, 11) is 0. The summed E-state index contributed by atoms with van der Waals surface area (Å²) in [5.74, 6) is 0. The van der Waals surface area contributed by atoms with E-state index in [2.05, 4.69) is 0 Å². The van der Waals surface area contributed by atoms with Crippen LogP contribution >= 0.6 is 11.6 Å². The van der Waals surface area contributed by atoms with Gasteiger partial charge < -0.3 is 28.8 Å². The van der Waals surface area contributed by atoms with E-state index in [1.807, 2.05) is 121 Å². The highest BCUT2D eigenvalue weighted by Gasteiger charge is 2.55. The molecule has 0 unspecified atom stereocenters. The summed E-state index contributed by atoms with van der Waals surface area (Å²) in [4.78, 5) is 0. The fraction of sp³-hybridized carbons (Fsp3) is 0.294. The van der Waals surface area contributed by atoms with Crippen molar-refractivity contribution in [1.82, 2.24) is 0 Å². The fourth-order valence-corrected chi connectivity index (χ4v) is 5.11. The second-order valence-corrected chi connectivity index (χ2v) is 10.5. The van der Waals surface area contributed by atoms with Crippen molar-refractivity contribution in [2.45, 2.75) is 56.1 Å². The summed E-state index contributed by atoms with van der Waals surface area (Å²) in [5, 5.41) is 9.22. The Hall–Kier alpha value is -3.07. The maximum Gasteiger partial charge on any atom is 0.276 e. The van der Waals surface area contributed by atoms with E-state index in [1.54, 1.807) is 0 Å². The molecule has 5 atom stereocenters. The number of ether oxygens (including phenoxy) is 5. The molecule has 4 aromatic rings. The number of rotatable bonds is 13. The highest BCUT2D eigenvalue weighted by atomic mass is 35.5. The van der Waals surface area contributed by atoms with Crippen molar-refractivity contribution in [2.24, 2.45) is 0 Å². The highest BCUT2D eigenvalue weighted by molar-refractivity contribution is 6.22. The number of aliphatic hydroxyl groups is 1. The van der Waals surface area contributed by atoms with Crippen LogP contribution < -0.4 is 0 Å². The largest absolute Gasteiger partial charge is 0.374 e. The first-order valence-electron chi connectivity index (χ1n) is 13.8. The molecule has 4 aromatic carbocycles. The predicted octanol–water partition coefficient (Wildman–Crippen LogP) is 6.24. The summed E-state index contributed by atoms with van der Waals surface area (Å²) in [6.07, 6.45) is -3.22. The molecule has 7 heteroatoms. The first-order valence-corrected chi connectivity index (χ1v) is 14.1. The van der Waals surface area contributed by atoms with Crippen LogP contribution in [0.4, 0.5) is 0 Å². The smallest absolute Gasteiger partial charge is 0.276 e. The summed E-state index contributed by atoms with van der Waals surface area (Å²) in [6.45, 7) is 1.28. The Bertz CT molecular complexity index is 1290. The lowest BCUT2D eigenvalue weighted by Crippen LogP contribution is -2.65. The highest BCUT2D eigenvalue weighted by Crippen LogP contribution is 2.38. The Morgan fingerprint density at radius 2 is 0.951 bits per heavy atom. The van der Waals surface area contributed by atoms with Gasteiger partial charge in [-0.3, -0.25) is 0 Å². The molecule has 214 valence electrons. The van der Waals surface area contributed by atoms with E-state index in [-0.39, 0.29) is 19.8 Å². The van der Waals surface area contributed by atoms with Crippen LogP contribution in [0.1, 0.15) is 22.3 Å².